The lowest BCUT2D eigenvalue weighted by molar-refractivity contribution is -0.881. The standard InChI is InChI=1S/C5H12N2.C2H4O2/c1-7-4-2-6-3-5-7;1-2(3)4/h6H,2-5H2,1H3;1H3,(H,3,4). The van der Waals surface area contributed by atoms with Crippen LogP contribution in [0.25, 0.3) is 0 Å². The smallest absolute Gasteiger partial charge is 0.0896 e. The van der Waals surface area contributed by atoms with Crippen LogP contribution in [0.1, 0.15) is 6.92 Å². The van der Waals surface area contributed by atoms with Crippen LogP contribution in [-0.4, -0.2) is 39.2 Å². The van der Waals surface area contributed by atoms with Gasteiger partial charge in [-0.05, 0) is 6.92 Å². The highest BCUT2D eigenvalue weighted by molar-refractivity contribution is 5.60. The van der Waals surface area contributed by atoms with Crippen molar-refractivity contribution in [2.45, 2.75) is 6.92 Å². The molecule has 0 bridgehead atoms. The summed E-state index contributed by atoms with van der Waals surface area (Å²) < 4.78 is 0. The van der Waals surface area contributed by atoms with Crippen LogP contribution in [0.2, 0.25) is 0 Å². The highest BCUT2D eigenvalue weighted by Gasteiger charge is 2.04. The van der Waals surface area contributed by atoms with E-state index in [4.69, 9.17) is 9.90 Å². The number of carboxylic acids is 1. The summed E-state index contributed by atoms with van der Waals surface area (Å²) in [7, 11) is 2.24. The molecule has 1 rings (SSSR count). The molecule has 66 valence electrons. The molecule has 0 aliphatic carbocycles. The average molecular weight is 160 g/mol. The quantitative estimate of drug-likeness (QED) is 0.394. The number of rotatable bonds is 0. The van der Waals surface area contributed by atoms with Gasteiger partial charge in [0.2, 0.25) is 0 Å². The third-order valence-corrected chi connectivity index (χ3v) is 1.46. The van der Waals surface area contributed by atoms with Gasteiger partial charge in [0.1, 0.15) is 0 Å². The number of hydrogen-bond donors (Lipinski definition) is 2. The summed E-state index contributed by atoms with van der Waals surface area (Å²) in [6.45, 7) is 5.96. The minimum absolute atomic E-state index is 0.972. The number of likely N-dealkylation sites (N-methyl/N-ethyl adjacent to an activating group) is 1. The van der Waals surface area contributed by atoms with Gasteiger partial charge in [0.25, 0.3) is 0 Å². The van der Waals surface area contributed by atoms with Crippen molar-refractivity contribution in [3.8, 4) is 0 Å². The second-order valence-corrected chi connectivity index (χ2v) is 2.70. The largest absolute Gasteiger partial charge is 0.550 e. The molecule has 1 fully saturated rings. The van der Waals surface area contributed by atoms with Crippen LogP contribution in [-0.2, 0) is 4.79 Å². The molecule has 0 spiro atoms. The predicted molar refractivity (Wildman–Crippen MR) is 40.2 cm³/mol. The number of piperazine rings is 1. The maximum atomic E-state index is 8.89. The van der Waals surface area contributed by atoms with Crippen LogP contribution in [0.3, 0.4) is 0 Å². The molecule has 1 saturated heterocycles. The second kappa shape index (κ2) is 6.12. The SMILES string of the molecule is CC(=O)[O-].C[NH+]1CCNCC1. The molecular formula is C7H16N2O2. The van der Waals surface area contributed by atoms with E-state index in [-0.39, 0.29) is 0 Å². The third kappa shape index (κ3) is 9.39. The number of carbonyl (C=O) groups is 1. The van der Waals surface area contributed by atoms with Gasteiger partial charge in [-0.3, -0.25) is 0 Å². The Morgan fingerprint density at radius 1 is 1.45 bits per heavy atom. The van der Waals surface area contributed by atoms with Crippen molar-refractivity contribution in [3.63, 3.8) is 0 Å². The van der Waals surface area contributed by atoms with Crippen LogP contribution >= 0.6 is 0 Å². The zero-order chi connectivity index (χ0) is 8.69. The van der Waals surface area contributed by atoms with Crippen LogP contribution < -0.4 is 15.3 Å². The first-order valence-electron chi connectivity index (χ1n) is 3.82. The van der Waals surface area contributed by atoms with E-state index in [1.165, 1.54) is 26.2 Å². The Bertz CT molecular complexity index is 107. The van der Waals surface area contributed by atoms with Gasteiger partial charge in [0.05, 0.1) is 20.1 Å². The van der Waals surface area contributed by atoms with Crippen LogP contribution in [0, 0.1) is 0 Å². The lowest BCUT2D eigenvalue weighted by atomic mass is 10.4. The third-order valence-electron chi connectivity index (χ3n) is 1.46. The van der Waals surface area contributed by atoms with Gasteiger partial charge in [-0.15, -0.1) is 0 Å². The average Bonchev–Trinajstić information content (AvgIpc) is 1.87. The highest BCUT2D eigenvalue weighted by Crippen LogP contribution is 1.58. The van der Waals surface area contributed by atoms with Crippen molar-refractivity contribution < 1.29 is 14.8 Å². The summed E-state index contributed by atoms with van der Waals surface area (Å²) in [6.07, 6.45) is 0. The number of quaternary nitrogens is 1. The molecule has 0 aromatic heterocycles. The van der Waals surface area contributed by atoms with E-state index in [1.807, 2.05) is 0 Å². The molecule has 1 heterocycles. The minimum Gasteiger partial charge on any atom is -0.550 e. The first-order chi connectivity index (χ1) is 5.13. The zero-order valence-corrected chi connectivity index (χ0v) is 7.14. The Kier molecular flexibility index (Phi) is 5.78. The Morgan fingerprint density at radius 2 is 1.82 bits per heavy atom. The van der Waals surface area contributed by atoms with Crippen LogP contribution in [0.5, 0.6) is 0 Å². The van der Waals surface area contributed by atoms with E-state index in [2.05, 4.69) is 12.4 Å². The molecule has 4 nitrogen and oxygen atoms in total. The van der Waals surface area contributed by atoms with Gasteiger partial charge in [-0.2, -0.15) is 0 Å². The van der Waals surface area contributed by atoms with E-state index < -0.39 is 5.97 Å². The fraction of sp³-hybridized carbons (Fsp3) is 0.857. The minimum atomic E-state index is -1.08. The Labute approximate surface area is 67.2 Å². The summed E-state index contributed by atoms with van der Waals surface area (Å²) >= 11 is 0. The molecule has 0 unspecified atom stereocenters. The highest BCUT2D eigenvalue weighted by atomic mass is 16.4. The van der Waals surface area contributed by atoms with Gasteiger partial charge in [0.15, 0.2) is 0 Å². The van der Waals surface area contributed by atoms with E-state index in [0.717, 1.165) is 6.92 Å². The Morgan fingerprint density at radius 3 is 2.00 bits per heavy atom. The molecule has 2 N–H and O–H groups in total. The zero-order valence-electron chi connectivity index (χ0n) is 7.14. The molecule has 0 saturated carbocycles. The summed E-state index contributed by atoms with van der Waals surface area (Å²) in [4.78, 5) is 10.5. The monoisotopic (exact) mass is 160 g/mol. The number of nitrogens with one attached hydrogen (secondary N) is 2. The number of carbonyl (C=O) groups excluding carboxylic acids is 1. The van der Waals surface area contributed by atoms with E-state index >= 15 is 0 Å². The fourth-order valence-corrected chi connectivity index (χ4v) is 0.854. The Balaban J connectivity index is 0.000000218. The number of aliphatic carboxylic acids is 1. The maximum Gasteiger partial charge on any atom is 0.0896 e. The molecule has 4 heteroatoms. The Hall–Kier alpha value is -0.610. The molecule has 0 amide bonds. The van der Waals surface area contributed by atoms with E-state index in [1.54, 1.807) is 4.90 Å². The molecule has 0 radical (unpaired) electrons. The van der Waals surface area contributed by atoms with Gasteiger partial charge < -0.3 is 20.1 Å². The number of hydrogen-bond acceptors (Lipinski definition) is 3. The summed E-state index contributed by atoms with van der Waals surface area (Å²) in [5.41, 5.74) is 0. The van der Waals surface area contributed by atoms with Crippen molar-refractivity contribution in [3.05, 3.63) is 0 Å². The normalized spacial score (nSPS) is 18.4. The fourth-order valence-electron chi connectivity index (χ4n) is 0.854. The number of carboxylic acid groups (broad SMARTS) is 1. The molecule has 11 heavy (non-hydrogen) atoms. The van der Waals surface area contributed by atoms with E-state index in [0.29, 0.717) is 0 Å². The van der Waals surface area contributed by atoms with Crippen molar-refractivity contribution in [1.82, 2.24) is 5.32 Å². The van der Waals surface area contributed by atoms with Crippen LogP contribution in [0.4, 0.5) is 0 Å². The van der Waals surface area contributed by atoms with Gasteiger partial charge in [0, 0.05) is 19.1 Å². The van der Waals surface area contributed by atoms with Crippen molar-refractivity contribution >= 4 is 5.97 Å². The summed E-state index contributed by atoms with van der Waals surface area (Å²) in [6, 6.07) is 0. The molecule has 0 aromatic rings. The summed E-state index contributed by atoms with van der Waals surface area (Å²) in [5.74, 6) is -1.08. The van der Waals surface area contributed by atoms with Gasteiger partial charge >= 0.3 is 0 Å². The first-order valence-corrected chi connectivity index (χ1v) is 3.82. The molecule has 1 aliphatic heterocycles. The lowest BCUT2D eigenvalue weighted by Gasteiger charge is -2.19. The maximum absolute atomic E-state index is 8.89. The molecule has 0 atom stereocenters. The van der Waals surface area contributed by atoms with Gasteiger partial charge in [-0.1, -0.05) is 0 Å². The lowest BCUT2D eigenvalue weighted by Crippen LogP contribution is -3.12. The molecule has 1 aliphatic rings. The van der Waals surface area contributed by atoms with Crippen molar-refractivity contribution in [1.29, 1.82) is 0 Å². The van der Waals surface area contributed by atoms with Crippen molar-refractivity contribution in [2.24, 2.45) is 0 Å². The molecule has 0 aromatic carbocycles. The van der Waals surface area contributed by atoms with Crippen molar-refractivity contribution in [2.75, 3.05) is 33.2 Å². The topological polar surface area (TPSA) is 56.6 Å². The van der Waals surface area contributed by atoms with Gasteiger partial charge in [-0.25, -0.2) is 0 Å². The molecular weight excluding hydrogens is 144 g/mol. The predicted octanol–water partition coefficient (Wildman–Crippen LogP) is -3.14. The van der Waals surface area contributed by atoms with E-state index in [9.17, 15) is 0 Å². The second-order valence-electron chi connectivity index (χ2n) is 2.70. The van der Waals surface area contributed by atoms with Crippen LogP contribution in [0.15, 0.2) is 0 Å². The summed E-state index contributed by atoms with van der Waals surface area (Å²) in [5, 5.41) is 12.2. The first kappa shape index (κ1) is 10.4.